The third-order valence-electron chi connectivity index (χ3n) is 2.44. The summed E-state index contributed by atoms with van der Waals surface area (Å²) in [4.78, 5) is 11.7. The van der Waals surface area contributed by atoms with Crippen molar-refractivity contribution < 1.29 is 9.53 Å². The molecule has 2 nitrogen and oxygen atoms in total. The van der Waals surface area contributed by atoms with Crippen molar-refractivity contribution in [2.24, 2.45) is 0 Å². The maximum atomic E-state index is 11.7. The minimum Gasteiger partial charge on any atom is -0.459 e. The van der Waals surface area contributed by atoms with Crippen LogP contribution >= 0.6 is 11.8 Å². The fourth-order valence-corrected chi connectivity index (χ4v) is 3.10. The van der Waals surface area contributed by atoms with Crippen LogP contribution < -0.4 is 0 Å². The van der Waals surface area contributed by atoms with E-state index < -0.39 is 0 Å². The maximum Gasteiger partial charge on any atom is 0.319 e. The van der Waals surface area contributed by atoms with Crippen LogP contribution in [-0.4, -0.2) is 22.1 Å². The van der Waals surface area contributed by atoms with Crippen LogP contribution in [0.2, 0.25) is 0 Å². The molecule has 3 heteroatoms. The zero-order valence-corrected chi connectivity index (χ0v) is 11.0. The minimum atomic E-state index is -0.360. The first-order valence-electron chi connectivity index (χ1n) is 5.77. The highest BCUT2D eigenvalue weighted by molar-refractivity contribution is 8.01. The van der Waals surface area contributed by atoms with Gasteiger partial charge in [-0.3, -0.25) is 4.79 Å². The fraction of sp³-hybridized carbons (Fsp3) is 0.917. The lowest BCUT2D eigenvalue weighted by atomic mass is 10.2. The molecular formula is C12H22O2S. The topological polar surface area (TPSA) is 26.3 Å². The standard InChI is InChI=1S/C12H22O2S/c1-9(11(13)14-12(2,3)4)15-10-7-5-6-8-10/h9-10H,5-8H2,1-4H3. The Kier molecular flexibility index (Phi) is 4.50. The van der Waals surface area contributed by atoms with E-state index in [9.17, 15) is 4.79 Å². The third-order valence-corrected chi connectivity index (χ3v) is 3.89. The van der Waals surface area contributed by atoms with E-state index in [1.807, 2.05) is 27.7 Å². The molecule has 1 saturated carbocycles. The van der Waals surface area contributed by atoms with Crippen LogP contribution in [0.15, 0.2) is 0 Å². The Balaban J connectivity index is 2.32. The second-order valence-electron chi connectivity index (χ2n) is 5.22. The summed E-state index contributed by atoms with van der Waals surface area (Å²) in [5.41, 5.74) is -0.360. The Morgan fingerprint density at radius 3 is 2.33 bits per heavy atom. The number of carbonyl (C=O) groups excluding carboxylic acids is 1. The molecule has 15 heavy (non-hydrogen) atoms. The van der Waals surface area contributed by atoms with Crippen molar-refractivity contribution in [3.05, 3.63) is 0 Å². The predicted octanol–water partition coefficient (Wildman–Crippen LogP) is 3.39. The van der Waals surface area contributed by atoms with E-state index in [4.69, 9.17) is 4.74 Å². The summed E-state index contributed by atoms with van der Waals surface area (Å²) in [5.74, 6) is -0.0700. The van der Waals surface area contributed by atoms with E-state index in [1.54, 1.807) is 11.8 Å². The van der Waals surface area contributed by atoms with Gasteiger partial charge in [0.2, 0.25) is 0 Å². The summed E-state index contributed by atoms with van der Waals surface area (Å²) in [6.07, 6.45) is 5.16. The maximum absolute atomic E-state index is 11.7. The van der Waals surface area contributed by atoms with Gasteiger partial charge in [0, 0.05) is 5.25 Å². The molecule has 0 aromatic carbocycles. The van der Waals surface area contributed by atoms with Crippen LogP contribution in [0.4, 0.5) is 0 Å². The van der Waals surface area contributed by atoms with E-state index >= 15 is 0 Å². The molecule has 0 heterocycles. The molecule has 1 aliphatic carbocycles. The first-order chi connectivity index (χ1) is 6.88. The van der Waals surface area contributed by atoms with E-state index in [2.05, 4.69) is 0 Å². The third kappa shape index (κ3) is 4.92. The van der Waals surface area contributed by atoms with Crippen molar-refractivity contribution in [1.29, 1.82) is 0 Å². The summed E-state index contributed by atoms with van der Waals surface area (Å²) in [7, 11) is 0. The Labute approximate surface area is 97.1 Å². The molecule has 88 valence electrons. The first-order valence-corrected chi connectivity index (χ1v) is 6.71. The molecule has 0 aliphatic heterocycles. The van der Waals surface area contributed by atoms with E-state index in [-0.39, 0.29) is 16.8 Å². The van der Waals surface area contributed by atoms with Gasteiger partial charge in [0.05, 0.1) is 5.25 Å². The molecule has 1 unspecified atom stereocenters. The van der Waals surface area contributed by atoms with Gasteiger partial charge in [-0.15, -0.1) is 11.8 Å². The molecule has 0 N–H and O–H groups in total. The van der Waals surface area contributed by atoms with Gasteiger partial charge in [0.1, 0.15) is 5.60 Å². The number of thioether (sulfide) groups is 1. The van der Waals surface area contributed by atoms with E-state index in [0.717, 1.165) is 0 Å². The largest absolute Gasteiger partial charge is 0.459 e. The highest BCUT2D eigenvalue weighted by atomic mass is 32.2. The van der Waals surface area contributed by atoms with Gasteiger partial charge in [-0.05, 0) is 40.5 Å². The number of hydrogen-bond donors (Lipinski definition) is 0. The van der Waals surface area contributed by atoms with Crippen molar-refractivity contribution in [3.63, 3.8) is 0 Å². The Morgan fingerprint density at radius 2 is 1.87 bits per heavy atom. The van der Waals surface area contributed by atoms with Crippen molar-refractivity contribution in [2.75, 3.05) is 0 Å². The molecule has 1 atom stereocenters. The SMILES string of the molecule is CC(SC1CCCC1)C(=O)OC(C)(C)C. The van der Waals surface area contributed by atoms with E-state index in [0.29, 0.717) is 5.25 Å². The van der Waals surface area contributed by atoms with Crippen molar-refractivity contribution >= 4 is 17.7 Å². The monoisotopic (exact) mass is 230 g/mol. The molecular weight excluding hydrogens is 208 g/mol. The van der Waals surface area contributed by atoms with Crippen LogP contribution in [-0.2, 0) is 9.53 Å². The van der Waals surface area contributed by atoms with Crippen molar-refractivity contribution in [2.45, 2.75) is 69.5 Å². The summed E-state index contributed by atoms with van der Waals surface area (Å²) < 4.78 is 5.35. The van der Waals surface area contributed by atoms with E-state index in [1.165, 1.54) is 25.7 Å². The number of rotatable bonds is 3. The molecule has 0 radical (unpaired) electrons. The second-order valence-corrected chi connectivity index (χ2v) is 6.86. The van der Waals surface area contributed by atoms with Crippen molar-refractivity contribution in [3.8, 4) is 0 Å². The lowest BCUT2D eigenvalue weighted by molar-refractivity contribution is -0.153. The highest BCUT2D eigenvalue weighted by Crippen LogP contribution is 2.32. The zero-order valence-electron chi connectivity index (χ0n) is 10.2. The second kappa shape index (κ2) is 5.24. The van der Waals surface area contributed by atoms with Gasteiger partial charge in [-0.2, -0.15) is 0 Å². The summed E-state index contributed by atoms with van der Waals surface area (Å²) in [6.45, 7) is 7.70. The summed E-state index contributed by atoms with van der Waals surface area (Å²) in [6, 6.07) is 0. The van der Waals surface area contributed by atoms with Crippen molar-refractivity contribution in [1.82, 2.24) is 0 Å². The normalized spacial score (nSPS) is 20.3. The molecule has 1 fully saturated rings. The smallest absolute Gasteiger partial charge is 0.319 e. The molecule has 1 rings (SSSR count). The van der Waals surface area contributed by atoms with Crippen LogP contribution in [0.1, 0.15) is 53.4 Å². The summed E-state index contributed by atoms with van der Waals surface area (Å²) >= 11 is 1.78. The lowest BCUT2D eigenvalue weighted by Gasteiger charge is -2.23. The van der Waals surface area contributed by atoms with Gasteiger partial charge >= 0.3 is 5.97 Å². The van der Waals surface area contributed by atoms with Crippen LogP contribution in [0.5, 0.6) is 0 Å². The number of hydrogen-bond acceptors (Lipinski definition) is 3. The van der Waals surface area contributed by atoms with Crippen LogP contribution in [0.25, 0.3) is 0 Å². The van der Waals surface area contributed by atoms with Gasteiger partial charge < -0.3 is 4.74 Å². The summed E-state index contributed by atoms with van der Waals surface area (Å²) in [5, 5.41) is 0.653. The Bertz CT molecular complexity index is 214. The molecule has 0 amide bonds. The van der Waals surface area contributed by atoms with Gasteiger partial charge in [0.25, 0.3) is 0 Å². The van der Waals surface area contributed by atoms with Gasteiger partial charge in [0.15, 0.2) is 0 Å². The molecule has 1 aliphatic rings. The highest BCUT2D eigenvalue weighted by Gasteiger charge is 2.26. The van der Waals surface area contributed by atoms with Crippen LogP contribution in [0.3, 0.4) is 0 Å². The fourth-order valence-electron chi connectivity index (χ4n) is 1.75. The molecule has 0 aromatic rings. The number of carbonyl (C=O) groups is 1. The Morgan fingerprint density at radius 1 is 1.33 bits per heavy atom. The predicted molar refractivity (Wildman–Crippen MR) is 65.2 cm³/mol. The first kappa shape index (κ1) is 12.9. The number of ether oxygens (including phenoxy) is 1. The average molecular weight is 230 g/mol. The average Bonchev–Trinajstić information content (AvgIpc) is 2.53. The Hall–Kier alpha value is -0.180. The zero-order chi connectivity index (χ0) is 11.5. The van der Waals surface area contributed by atoms with Crippen LogP contribution in [0, 0.1) is 0 Å². The lowest BCUT2D eigenvalue weighted by Crippen LogP contribution is -2.29. The number of esters is 1. The molecule has 0 aromatic heterocycles. The quantitative estimate of drug-likeness (QED) is 0.695. The molecule has 0 spiro atoms. The van der Waals surface area contributed by atoms with Gasteiger partial charge in [-0.1, -0.05) is 12.8 Å². The molecule has 0 saturated heterocycles. The minimum absolute atomic E-state index is 0.0210. The molecule has 0 bridgehead atoms. The van der Waals surface area contributed by atoms with Gasteiger partial charge in [-0.25, -0.2) is 0 Å².